The van der Waals surface area contributed by atoms with E-state index in [9.17, 15) is 9.50 Å². The quantitative estimate of drug-likeness (QED) is 0.789. The van der Waals surface area contributed by atoms with E-state index >= 15 is 0 Å². The highest BCUT2D eigenvalue weighted by atomic mass is 79.9. The Kier molecular flexibility index (Phi) is 5.62. The first-order chi connectivity index (χ1) is 10.0. The molecule has 0 bridgehead atoms. The van der Waals surface area contributed by atoms with Crippen LogP contribution in [-0.2, 0) is 0 Å². The topological polar surface area (TPSA) is 29.5 Å². The summed E-state index contributed by atoms with van der Waals surface area (Å²) < 4.78 is 19.4. The van der Waals surface area contributed by atoms with Gasteiger partial charge in [0.05, 0.1) is 11.1 Å². The molecule has 0 aliphatic carbocycles. The monoisotopic (exact) mass is 372 g/mol. The molecule has 0 amide bonds. The van der Waals surface area contributed by atoms with Gasteiger partial charge in [0.15, 0.2) is 0 Å². The van der Waals surface area contributed by atoms with Crippen LogP contribution in [-0.4, -0.2) is 11.7 Å². The van der Waals surface area contributed by atoms with Crippen molar-refractivity contribution in [3.05, 3.63) is 62.8 Å². The van der Waals surface area contributed by atoms with E-state index in [0.717, 1.165) is 16.6 Å². The predicted octanol–water partition coefficient (Wildman–Crippen LogP) is 5.11. The first kappa shape index (κ1) is 16.3. The van der Waals surface area contributed by atoms with Crippen molar-refractivity contribution >= 4 is 27.5 Å². The fourth-order valence-corrected chi connectivity index (χ4v) is 2.70. The maximum atomic E-state index is 13.1. The lowest BCUT2D eigenvalue weighted by Crippen LogP contribution is -2.02. The van der Waals surface area contributed by atoms with Gasteiger partial charge in [0.25, 0.3) is 0 Å². The van der Waals surface area contributed by atoms with E-state index in [-0.39, 0.29) is 5.02 Å². The maximum absolute atomic E-state index is 13.1. The van der Waals surface area contributed by atoms with Gasteiger partial charge in [0.2, 0.25) is 0 Å². The minimum atomic E-state index is -0.922. The second-order valence-electron chi connectivity index (χ2n) is 4.61. The molecule has 0 saturated carbocycles. The van der Waals surface area contributed by atoms with Crippen molar-refractivity contribution in [2.75, 3.05) is 6.61 Å². The van der Waals surface area contributed by atoms with Crippen molar-refractivity contribution in [2.45, 2.75) is 19.4 Å². The van der Waals surface area contributed by atoms with Gasteiger partial charge in [-0.1, -0.05) is 30.7 Å². The standard InChI is InChI=1S/C16H15BrClFO2/c1-2-7-21-15-6-3-10(8-13(15)17)16(20)12-5-4-11(19)9-14(12)18/h3-6,8-9,16,20H,2,7H2,1H3. The van der Waals surface area contributed by atoms with E-state index < -0.39 is 11.9 Å². The normalized spacial score (nSPS) is 12.2. The van der Waals surface area contributed by atoms with Crippen LogP contribution in [0.25, 0.3) is 0 Å². The van der Waals surface area contributed by atoms with Crippen LogP contribution in [0.2, 0.25) is 5.02 Å². The number of benzene rings is 2. The van der Waals surface area contributed by atoms with Crippen LogP contribution in [0, 0.1) is 5.82 Å². The fourth-order valence-electron chi connectivity index (χ4n) is 1.92. The highest BCUT2D eigenvalue weighted by molar-refractivity contribution is 9.10. The second-order valence-corrected chi connectivity index (χ2v) is 5.87. The van der Waals surface area contributed by atoms with Gasteiger partial charge in [0.1, 0.15) is 17.7 Å². The molecule has 2 nitrogen and oxygen atoms in total. The van der Waals surface area contributed by atoms with E-state index in [0.29, 0.717) is 17.7 Å². The van der Waals surface area contributed by atoms with Gasteiger partial charge < -0.3 is 9.84 Å². The number of aliphatic hydroxyl groups is 1. The molecule has 0 saturated heterocycles. The third kappa shape index (κ3) is 3.96. The Balaban J connectivity index is 2.27. The summed E-state index contributed by atoms with van der Waals surface area (Å²) in [6.45, 7) is 2.66. The highest BCUT2D eigenvalue weighted by Crippen LogP contribution is 2.33. The molecule has 112 valence electrons. The molecule has 1 atom stereocenters. The molecule has 0 radical (unpaired) electrons. The fraction of sp³-hybridized carbons (Fsp3) is 0.250. The molecule has 0 aliphatic heterocycles. The molecule has 1 unspecified atom stereocenters. The lowest BCUT2D eigenvalue weighted by Gasteiger charge is -2.15. The van der Waals surface area contributed by atoms with E-state index in [2.05, 4.69) is 15.9 Å². The van der Waals surface area contributed by atoms with Crippen LogP contribution < -0.4 is 4.74 Å². The van der Waals surface area contributed by atoms with Crippen LogP contribution >= 0.6 is 27.5 Å². The minimum absolute atomic E-state index is 0.199. The number of aliphatic hydroxyl groups excluding tert-OH is 1. The molecule has 2 rings (SSSR count). The van der Waals surface area contributed by atoms with Crippen molar-refractivity contribution < 1.29 is 14.2 Å². The smallest absolute Gasteiger partial charge is 0.133 e. The number of ether oxygens (including phenoxy) is 1. The zero-order valence-electron chi connectivity index (χ0n) is 11.4. The second kappa shape index (κ2) is 7.25. The van der Waals surface area contributed by atoms with E-state index in [1.54, 1.807) is 18.2 Å². The summed E-state index contributed by atoms with van der Waals surface area (Å²) in [7, 11) is 0. The van der Waals surface area contributed by atoms with Crippen molar-refractivity contribution in [2.24, 2.45) is 0 Å². The summed E-state index contributed by atoms with van der Waals surface area (Å²) in [4.78, 5) is 0. The third-order valence-electron chi connectivity index (χ3n) is 2.99. The summed E-state index contributed by atoms with van der Waals surface area (Å²) in [5.41, 5.74) is 1.12. The molecule has 21 heavy (non-hydrogen) atoms. The Hall–Kier alpha value is -1.10. The Labute approximate surface area is 136 Å². The minimum Gasteiger partial charge on any atom is -0.492 e. The molecular weight excluding hydrogens is 359 g/mol. The predicted molar refractivity (Wildman–Crippen MR) is 85.4 cm³/mol. The molecule has 0 heterocycles. The number of halogens is 3. The first-order valence-electron chi connectivity index (χ1n) is 6.58. The van der Waals surface area contributed by atoms with Crippen LogP contribution in [0.1, 0.15) is 30.6 Å². The van der Waals surface area contributed by atoms with Gasteiger partial charge in [-0.25, -0.2) is 4.39 Å². The van der Waals surface area contributed by atoms with Gasteiger partial charge >= 0.3 is 0 Å². The van der Waals surface area contributed by atoms with Crippen LogP contribution in [0.3, 0.4) is 0 Å². The van der Waals surface area contributed by atoms with E-state index in [1.165, 1.54) is 18.2 Å². The largest absolute Gasteiger partial charge is 0.492 e. The number of rotatable bonds is 5. The van der Waals surface area contributed by atoms with Gasteiger partial charge in [-0.2, -0.15) is 0 Å². The highest BCUT2D eigenvalue weighted by Gasteiger charge is 2.16. The van der Waals surface area contributed by atoms with Crippen LogP contribution in [0.5, 0.6) is 5.75 Å². The summed E-state index contributed by atoms with van der Waals surface area (Å²) in [6.07, 6.45) is -0.00299. The third-order valence-corrected chi connectivity index (χ3v) is 3.94. The zero-order valence-corrected chi connectivity index (χ0v) is 13.8. The Morgan fingerprint density at radius 2 is 2.05 bits per heavy atom. The lowest BCUT2D eigenvalue weighted by atomic mass is 10.0. The van der Waals surface area contributed by atoms with Crippen LogP contribution in [0.4, 0.5) is 4.39 Å². The summed E-state index contributed by atoms with van der Waals surface area (Å²) in [6, 6.07) is 9.27. The van der Waals surface area contributed by atoms with Crippen molar-refractivity contribution in [1.29, 1.82) is 0 Å². The molecule has 2 aromatic rings. The van der Waals surface area contributed by atoms with Gasteiger partial charge in [-0.05, 0) is 52.2 Å². The lowest BCUT2D eigenvalue weighted by molar-refractivity contribution is 0.220. The molecule has 0 aromatic heterocycles. The Morgan fingerprint density at radius 3 is 2.67 bits per heavy atom. The van der Waals surface area contributed by atoms with E-state index in [1.807, 2.05) is 6.92 Å². The molecular formula is C16H15BrClFO2. The number of hydrogen-bond acceptors (Lipinski definition) is 2. The van der Waals surface area contributed by atoms with Crippen molar-refractivity contribution in [3.63, 3.8) is 0 Å². The van der Waals surface area contributed by atoms with Gasteiger partial charge in [0, 0.05) is 10.6 Å². The number of hydrogen-bond donors (Lipinski definition) is 1. The van der Waals surface area contributed by atoms with Crippen molar-refractivity contribution in [1.82, 2.24) is 0 Å². The van der Waals surface area contributed by atoms with Gasteiger partial charge in [-0.15, -0.1) is 0 Å². The summed E-state index contributed by atoms with van der Waals surface area (Å²) >= 11 is 9.40. The molecule has 0 spiro atoms. The SMILES string of the molecule is CCCOc1ccc(C(O)c2ccc(F)cc2Cl)cc1Br. The first-order valence-corrected chi connectivity index (χ1v) is 7.75. The zero-order chi connectivity index (χ0) is 15.4. The summed E-state index contributed by atoms with van der Waals surface area (Å²) in [5.74, 6) is 0.290. The van der Waals surface area contributed by atoms with Gasteiger partial charge in [-0.3, -0.25) is 0 Å². The Bertz CT molecular complexity index is 634. The Morgan fingerprint density at radius 1 is 1.29 bits per heavy atom. The van der Waals surface area contributed by atoms with Crippen LogP contribution in [0.15, 0.2) is 40.9 Å². The molecule has 0 aliphatic rings. The average Bonchev–Trinajstić information content (AvgIpc) is 2.45. The average molecular weight is 374 g/mol. The molecule has 0 fully saturated rings. The van der Waals surface area contributed by atoms with Crippen molar-refractivity contribution in [3.8, 4) is 5.75 Å². The maximum Gasteiger partial charge on any atom is 0.133 e. The molecule has 1 N–H and O–H groups in total. The van der Waals surface area contributed by atoms with E-state index in [4.69, 9.17) is 16.3 Å². The molecule has 2 aromatic carbocycles. The molecule has 5 heteroatoms. The summed E-state index contributed by atoms with van der Waals surface area (Å²) in [5, 5.41) is 10.6.